The maximum Gasteiger partial charge on any atom is 0.337 e. The number of nitro benzene ring substituents is 1. The zero-order valence-corrected chi connectivity index (χ0v) is 18.3. The summed E-state index contributed by atoms with van der Waals surface area (Å²) >= 11 is 0. The van der Waals surface area contributed by atoms with Crippen LogP contribution >= 0.6 is 0 Å². The number of carbonyl (C=O) groups is 2. The minimum atomic E-state index is -1.01. The molecule has 1 unspecified atom stereocenters. The summed E-state index contributed by atoms with van der Waals surface area (Å²) in [4.78, 5) is 36.7. The van der Waals surface area contributed by atoms with Crippen LogP contribution in [-0.4, -0.2) is 50.6 Å². The molecule has 0 spiro atoms. The third-order valence-electron chi connectivity index (χ3n) is 4.64. The van der Waals surface area contributed by atoms with Gasteiger partial charge in [0.15, 0.2) is 6.29 Å². The van der Waals surface area contributed by atoms with Crippen molar-refractivity contribution >= 4 is 17.6 Å². The highest BCUT2D eigenvalue weighted by Crippen LogP contribution is 2.41. The zero-order valence-electron chi connectivity index (χ0n) is 18.3. The van der Waals surface area contributed by atoms with Crippen LogP contribution in [0.25, 0.3) is 0 Å². The molecule has 0 amide bonds. The molecular weight excluding hydrogens is 408 g/mol. The Labute approximate surface area is 180 Å². The number of nitrogens with one attached hydrogen (secondary N) is 1. The summed E-state index contributed by atoms with van der Waals surface area (Å²) in [5, 5.41) is 14.3. The highest BCUT2D eigenvalue weighted by molar-refractivity contribution is 6.00. The van der Waals surface area contributed by atoms with Crippen molar-refractivity contribution in [2.45, 2.75) is 39.1 Å². The highest BCUT2D eigenvalue weighted by atomic mass is 16.7. The van der Waals surface area contributed by atoms with Crippen LogP contribution in [0.5, 0.6) is 0 Å². The maximum absolute atomic E-state index is 13.0. The minimum absolute atomic E-state index is 0.0259. The predicted molar refractivity (Wildman–Crippen MR) is 110 cm³/mol. The number of dihydropyridines is 1. The number of rotatable bonds is 8. The standard InChI is InChI=1S/C21H26N2O8/c1-11(2)31-20(25)15-12(3)22-18(21(29-5)30-6)17(19(24)28-4)16(15)13-8-7-9-14(10-13)23(26)27/h7-11,16,21-22H,1-6H3. The number of hydrogen-bond acceptors (Lipinski definition) is 9. The van der Waals surface area contributed by atoms with E-state index in [2.05, 4.69) is 5.32 Å². The lowest BCUT2D eigenvalue weighted by Crippen LogP contribution is -2.38. The highest BCUT2D eigenvalue weighted by Gasteiger charge is 2.41. The van der Waals surface area contributed by atoms with Crippen LogP contribution in [0.4, 0.5) is 5.69 Å². The van der Waals surface area contributed by atoms with Crippen molar-refractivity contribution in [2.75, 3.05) is 21.3 Å². The van der Waals surface area contributed by atoms with Gasteiger partial charge in [0.25, 0.3) is 5.69 Å². The Bertz CT molecular complexity index is 931. The van der Waals surface area contributed by atoms with Crippen molar-refractivity contribution in [3.63, 3.8) is 0 Å². The van der Waals surface area contributed by atoms with E-state index >= 15 is 0 Å². The number of hydrogen-bond donors (Lipinski definition) is 1. The molecule has 0 aliphatic carbocycles. The smallest absolute Gasteiger partial charge is 0.337 e. The minimum Gasteiger partial charge on any atom is -0.466 e. The molecule has 1 aliphatic heterocycles. The van der Waals surface area contributed by atoms with Crippen LogP contribution in [0.1, 0.15) is 32.3 Å². The Balaban J connectivity index is 2.83. The lowest BCUT2D eigenvalue weighted by Gasteiger charge is -2.33. The Morgan fingerprint density at radius 1 is 1.10 bits per heavy atom. The van der Waals surface area contributed by atoms with Gasteiger partial charge in [0.1, 0.15) is 0 Å². The number of benzene rings is 1. The van der Waals surface area contributed by atoms with Crippen molar-refractivity contribution in [1.29, 1.82) is 0 Å². The van der Waals surface area contributed by atoms with Crippen LogP contribution in [0.2, 0.25) is 0 Å². The van der Waals surface area contributed by atoms with Crippen molar-refractivity contribution in [3.05, 3.63) is 62.5 Å². The molecule has 1 aliphatic rings. The molecule has 1 aromatic rings. The predicted octanol–water partition coefficient (Wildman–Crippen LogP) is 2.55. The summed E-state index contributed by atoms with van der Waals surface area (Å²) in [6.07, 6.45) is -1.40. The topological polar surface area (TPSA) is 126 Å². The molecule has 0 aromatic heterocycles. The van der Waals surface area contributed by atoms with Crippen molar-refractivity contribution in [2.24, 2.45) is 0 Å². The lowest BCUT2D eigenvalue weighted by molar-refractivity contribution is -0.384. The Hall–Kier alpha value is -3.24. The van der Waals surface area contributed by atoms with Crippen LogP contribution in [-0.2, 0) is 28.5 Å². The van der Waals surface area contributed by atoms with Gasteiger partial charge in [-0.15, -0.1) is 0 Å². The van der Waals surface area contributed by atoms with Gasteiger partial charge in [-0.1, -0.05) is 12.1 Å². The Morgan fingerprint density at radius 2 is 1.74 bits per heavy atom. The summed E-state index contributed by atoms with van der Waals surface area (Å²) < 4.78 is 21.0. The molecule has 1 atom stereocenters. The first-order chi connectivity index (χ1) is 14.7. The van der Waals surface area contributed by atoms with Crippen molar-refractivity contribution in [3.8, 4) is 0 Å². The molecule has 0 fully saturated rings. The Morgan fingerprint density at radius 3 is 2.26 bits per heavy atom. The summed E-state index contributed by atoms with van der Waals surface area (Å²) in [6, 6.07) is 5.70. The van der Waals surface area contributed by atoms with E-state index < -0.39 is 35.2 Å². The number of nitrogens with zero attached hydrogens (tertiary/aromatic N) is 1. The fourth-order valence-corrected chi connectivity index (χ4v) is 3.41. The molecule has 168 valence electrons. The van der Waals surface area contributed by atoms with E-state index in [1.807, 2.05) is 0 Å². The molecule has 1 heterocycles. The van der Waals surface area contributed by atoms with Gasteiger partial charge < -0.3 is 24.3 Å². The van der Waals surface area contributed by atoms with Gasteiger partial charge in [-0.05, 0) is 26.3 Å². The van der Waals surface area contributed by atoms with Crippen LogP contribution in [0.3, 0.4) is 0 Å². The quantitative estimate of drug-likeness (QED) is 0.284. The largest absolute Gasteiger partial charge is 0.466 e. The molecule has 10 nitrogen and oxygen atoms in total. The second-order valence-corrected chi connectivity index (χ2v) is 7.03. The number of non-ortho nitro benzene ring substituents is 1. The maximum atomic E-state index is 13.0. The van der Waals surface area contributed by atoms with Crippen molar-refractivity contribution in [1.82, 2.24) is 5.32 Å². The van der Waals surface area contributed by atoms with Gasteiger partial charge in [-0.25, -0.2) is 9.59 Å². The fourth-order valence-electron chi connectivity index (χ4n) is 3.41. The normalized spacial score (nSPS) is 16.5. The van der Waals surface area contributed by atoms with Crippen LogP contribution in [0.15, 0.2) is 46.8 Å². The monoisotopic (exact) mass is 434 g/mol. The molecule has 0 radical (unpaired) electrons. The second kappa shape index (κ2) is 10.2. The lowest BCUT2D eigenvalue weighted by atomic mass is 9.80. The molecule has 1 aromatic carbocycles. The average Bonchev–Trinajstić information content (AvgIpc) is 2.73. The second-order valence-electron chi connectivity index (χ2n) is 7.03. The van der Waals surface area contributed by atoms with Gasteiger partial charge in [0, 0.05) is 32.0 Å². The van der Waals surface area contributed by atoms with Gasteiger partial charge in [-0.2, -0.15) is 0 Å². The van der Waals surface area contributed by atoms with E-state index in [1.165, 1.54) is 39.5 Å². The molecule has 2 rings (SSSR count). The van der Waals surface area contributed by atoms with Gasteiger partial charge in [0.2, 0.25) is 0 Å². The first-order valence-electron chi connectivity index (χ1n) is 9.47. The average molecular weight is 434 g/mol. The molecule has 0 bridgehead atoms. The van der Waals surface area contributed by atoms with E-state index in [-0.39, 0.29) is 22.5 Å². The van der Waals surface area contributed by atoms with Gasteiger partial charge in [-0.3, -0.25) is 10.1 Å². The Kier molecular flexibility index (Phi) is 7.89. The zero-order chi connectivity index (χ0) is 23.3. The number of allylic oxidation sites excluding steroid dienone is 1. The summed E-state index contributed by atoms with van der Waals surface area (Å²) in [7, 11) is 3.98. The van der Waals surface area contributed by atoms with Crippen LogP contribution < -0.4 is 5.32 Å². The summed E-state index contributed by atoms with van der Waals surface area (Å²) in [5.74, 6) is -2.42. The molecule has 31 heavy (non-hydrogen) atoms. The van der Waals surface area contributed by atoms with E-state index in [1.54, 1.807) is 26.8 Å². The van der Waals surface area contributed by atoms with Gasteiger partial charge in [0.05, 0.1) is 40.9 Å². The number of nitro groups is 1. The van der Waals surface area contributed by atoms with Gasteiger partial charge >= 0.3 is 11.9 Å². The third kappa shape index (κ3) is 5.09. The van der Waals surface area contributed by atoms with E-state index in [9.17, 15) is 19.7 Å². The first kappa shape index (κ1) is 24.0. The summed E-state index contributed by atoms with van der Waals surface area (Å²) in [5.41, 5.74) is 0.929. The molecule has 1 N–H and O–H groups in total. The fraction of sp³-hybridized carbons (Fsp3) is 0.429. The van der Waals surface area contributed by atoms with Crippen molar-refractivity contribution < 1.29 is 33.5 Å². The molecule has 10 heteroatoms. The molecule has 0 saturated heterocycles. The first-order valence-corrected chi connectivity index (χ1v) is 9.47. The van der Waals surface area contributed by atoms with E-state index in [0.29, 0.717) is 11.3 Å². The summed E-state index contributed by atoms with van der Waals surface area (Å²) in [6.45, 7) is 5.03. The van der Waals surface area contributed by atoms with Crippen LogP contribution in [0, 0.1) is 10.1 Å². The number of esters is 2. The molecular formula is C21H26N2O8. The van der Waals surface area contributed by atoms with E-state index in [0.717, 1.165) is 0 Å². The SMILES string of the molecule is COC(=O)C1=C(C(OC)OC)NC(C)=C(C(=O)OC(C)C)C1c1cccc([N+](=O)[O-])c1. The molecule has 0 saturated carbocycles. The van der Waals surface area contributed by atoms with E-state index in [4.69, 9.17) is 18.9 Å². The third-order valence-corrected chi connectivity index (χ3v) is 4.64. The number of methoxy groups -OCH3 is 3. The number of ether oxygens (including phenoxy) is 4. The number of carbonyl (C=O) groups excluding carboxylic acids is 2.